The van der Waals surface area contributed by atoms with Crippen molar-refractivity contribution in [3.8, 4) is 28.7 Å². The predicted molar refractivity (Wildman–Crippen MR) is 105 cm³/mol. The highest BCUT2D eigenvalue weighted by atomic mass is 16.5. The number of aliphatic imine (C=N–C) groups is 1. The summed E-state index contributed by atoms with van der Waals surface area (Å²) in [6.07, 6.45) is 3.21. The van der Waals surface area contributed by atoms with Crippen molar-refractivity contribution in [1.82, 2.24) is 4.57 Å². The summed E-state index contributed by atoms with van der Waals surface area (Å²) in [6, 6.07) is 5.88. The van der Waals surface area contributed by atoms with Gasteiger partial charge in [0.15, 0.2) is 17.3 Å². The highest BCUT2D eigenvalue weighted by Gasteiger charge is 2.32. The second-order valence-electron chi connectivity index (χ2n) is 6.77. The molecule has 0 radical (unpaired) electrons. The monoisotopic (exact) mass is 392 g/mol. The molecular formula is C21H16N2O6. The molecule has 0 spiro atoms. The fraction of sp³-hybridized carbons (Fsp3) is 0.143. The van der Waals surface area contributed by atoms with Gasteiger partial charge in [-0.25, -0.2) is 0 Å². The molecule has 0 atom stereocenters. The third-order valence-electron chi connectivity index (χ3n) is 5.14. The SMILES string of the molecule is COc1ccc2c(c1O)c(C=C1Oc3cc(O)cc(O)c3C1=O)c1n2CCN=C1. The van der Waals surface area contributed by atoms with Crippen LogP contribution < -0.4 is 9.47 Å². The Hall–Kier alpha value is -3.94. The van der Waals surface area contributed by atoms with Crippen LogP contribution >= 0.6 is 0 Å². The van der Waals surface area contributed by atoms with Crippen LogP contribution in [-0.2, 0) is 6.54 Å². The van der Waals surface area contributed by atoms with E-state index in [1.54, 1.807) is 12.3 Å². The summed E-state index contributed by atoms with van der Waals surface area (Å²) < 4.78 is 12.9. The van der Waals surface area contributed by atoms with E-state index in [1.807, 2.05) is 10.6 Å². The lowest BCUT2D eigenvalue weighted by Gasteiger charge is -2.11. The molecule has 5 rings (SSSR count). The van der Waals surface area contributed by atoms with E-state index < -0.39 is 5.78 Å². The Kier molecular flexibility index (Phi) is 3.57. The van der Waals surface area contributed by atoms with Gasteiger partial charge in [0.2, 0.25) is 5.78 Å². The van der Waals surface area contributed by atoms with E-state index in [-0.39, 0.29) is 34.3 Å². The number of carbonyl (C=O) groups is 1. The second-order valence-corrected chi connectivity index (χ2v) is 6.77. The summed E-state index contributed by atoms with van der Waals surface area (Å²) >= 11 is 0. The predicted octanol–water partition coefficient (Wildman–Crippen LogP) is 2.82. The summed E-state index contributed by atoms with van der Waals surface area (Å²) in [4.78, 5) is 17.1. The van der Waals surface area contributed by atoms with E-state index in [0.717, 1.165) is 17.3 Å². The molecular weight excluding hydrogens is 376 g/mol. The number of ether oxygens (including phenoxy) is 2. The molecule has 2 aliphatic rings. The zero-order chi connectivity index (χ0) is 20.3. The summed E-state index contributed by atoms with van der Waals surface area (Å²) in [5.41, 5.74) is 2.04. The van der Waals surface area contributed by atoms with Gasteiger partial charge in [-0.2, -0.15) is 0 Å². The lowest BCUT2D eigenvalue weighted by atomic mass is 10.1. The number of methoxy groups -OCH3 is 1. The number of benzene rings is 2. The molecule has 0 fully saturated rings. The molecule has 2 aromatic carbocycles. The van der Waals surface area contributed by atoms with Gasteiger partial charge in [0.05, 0.1) is 30.3 Å². The number of carbonyl (C=O) groups excluding carboxylic acids is 1. The van der Waals surface area contributed by atoms with E-state index in [1.165, 1.54) is 19.3 Å². The van der Waals surface area contributed by atoms with Crippen LogP contribution in [0.2, 0.25) is 0 Å². The number of rotatable bonds is 2. The van der Waals surface area contributed by atoms with Crippen LogP contribution in [0.1, 0.15) is 21.6 Å². The van der Waals surface area contributed by atoms with Crippen LogP contribution in [0.4, 0.5) is 0 Å². The normalized spacial score (nSPS) is 16.2. The number of aromatic hydroxyl groups is 3. The smallest absolute Gasteiger partial charge is 0.235 e. The minimum atomic E-state index is -0.513. The minimum Gasteiger partial charge on any atom is -0.508 e. The molecule has 8 heteroatoms. The van der Waals surface area contributed by atoms with Crippen LogP contribution in [0.3, 0.4) is 0 Å². The largest absolute Gasteiger partial charge is 0.508 e. The standard InChI is InChI=1S/C21H16N2O6/c1-28-15-3-2-12-18(20(15)26)11(13-9-22-4-5-23(12)13)8-17-21(27)19-14(25)6-10(24)7-16(19)29-17/h2-3,6-9,24-26H,4-5H2,1H3. The Bertz CT molecular complexity index is 1270. The first-order valence-corrected chi connectivity index (χ1v) is 8.91. The van der Waals surface area contributed by atoms with Crippen LogP contribution in [0.15, 0.2) is 35.0 Å². The first-order valence-electron chi connectivity index (χ1n) is 8.91. The van der Waals surface area contributed by atoms with E-state index in [0.29, 0.717) is 29.8 Å². The molecule has 2 aliphatic heterocycles. The quantitative estimate of drug-likeness (QED) is 0.578. The summed E-state index contributed by atoms with van der Waals surface area (Å²) in [6.45, 7) is 1.23. The van der Waals surface area contributed by atoms with Gasteiger partial charge in [0.1, 0.15) is 22.8 Å². The first-order chi connectivity index (χ1) is 14.0. The number of hydrogen-bond acceptors (Lipinski definition) is 7. The third-order valence-corrected chi connectivity index (χ3v) is 5.14. The van der Waals surface area contributed by atoms with Crippen molar-refractivity contribution in [3.63, 3.8) is 0 Å². The van der Waals surface area contributed by atoms with Crippen molar-refractivity contribution < 1.29 is 29.6 Å². The number of aromatic nitrogens is 1. The molecule has 146 valence electrons. The number of phenolic OH excluding ortho intramolecular Hbond substituents is 3. The summed E-state index contributed by atoms with van der Waals surface area (Å²) in [7, 11) is 1.46. The second kappa shape index (κ2) is 6.03. The lowest BCUT2D eigenvalue weighted by molar-refractivity contribution is 0.101. The van der Waals surface area contributed by atoms with Gasteiger partial charge in [0.25, 0.3) is 0 Å². The molecule has 0 saturated heterocycles. The summed E-state index contributed by atoms with van der Waals surface area (Å²) in [5, 5.41) is 31.0. The van der Waals surface area contributed by atoms with Crippen LogP contribution in [0, 0.1) is 0 Å². The Morgan fingerprint density at radius 3 is 2.86 bits per heavy atom. The molecule has 3 N–H and O–H groups in total. The average molecular weight is 392 g/mol. The zero-order valence-corrected chi connectivity index (χ0v) is 15.3. The number of allylic oxidation sites excluding steroid dienone is 1. The maximum Gasteiger partial charge on any atom is 0.235 e. The van der Waals surface area contributed by atoms with Crippen molar-refractivity contribution in [2.75, 3.05) is 13.7 Å². The van der Waals surface area contributed by atoms with E-state index in [4.69, 9.17) is 9.47 Å². The minimum absolute atomic E-state index is 0.0121. The van der Waals surface area contributed by atoms with Gasteiger partial charge in [-0.15, -0.1) is 0 Å². The molecule has 0 saturated carbocycles. The fourth-order valence-electron chi connectivity index (χ4n) is 3.86. The number of nitrogens with zero attached hydrogens (tertiary/aromatic N) is 2. The third kappa shape index (κ3) is 2.39. The van der Waals surface area contributed by atoms with Crippen molar-refractivity contribution in [2.45, 2.75) is 6.54 Å². The van der Waals surface area contributed by atoms with E-state index in [9.17, 15) is 20.1 Å². The van der Waals surface area contributed by atoms with Crippen molar-refractivity contribution >= 4 is 29.0 Å². The summed E-state index contributed by atoms with van der Waals surface area (Å²) in [5.74, 6) is -0.776. The van der Waals surface area contributed by atoms with Gasteiger partial charge in [-0.1, -0.05) is 0 Å². The van der Waals surface area contributed by atoms with E-state index >= 15 is 0 Å². The number of ketones is 1. The van der Waals surface area contributed by atoms with Gasteiger partial charge in [0, 0.05) is 30.5 Å². The van der Waals surface area contributed by atoms with E-state index in [2.05, 4.69) is 4.99 Å². The molecule has 29 heavy (non-hydrogen) atoms. The molecule has 8 nitrogen and oxygen atoms in total. The van der Waals surface area contributed by atoms with Crippen LogP contribution in [0.5, 0.6) is 28.7 Å². The fourth-order valence-corrected chi connectivity index (χ4v) is 3.86. The highest BCUT2D eigenvalue weighted by molar-refractivity contribution is 6.17. The van der Waals surface area contributed by atoms with Crippen molar-refractivity contribution in [1.29, 1.82) is 0 Å². The molecule has 3 heterocycles. The topological polar surface area (TPSA) is 114 Å². The Morgan fingerprint density at radius 1 is 1.24 bits per heavy atom. The molecule has 0 aliphatic carbocycles. The van der Waals surface area contributed by atoms with Crippen molar-refractivity contribution in [3.05, 3.63) is 46.8 Å². The van der Waals surface area contributed by atoms with Gasteiger partial charge in [-0.05, 0) is 18.2 Å². The van der Waals surface area contributed by atoms with Crippen LogP contribution in [0.25, 0.3) is 17.0 Å². The number of Topliss-reactive ketones (excluding diaryl/α,β-unsaturated/α-hetero) is 1. The van der Waals surface area contributed by atoms with Gasteiger partial charge < -0.3 is 29.4 Å². The number of fused-ring (bicyclic) bond motifs is 4. The zero-order valence-electron chi connectivity index (χ0n) is 15.3. The van der Waals surface area contributed by atoms with Gasteiger partial charge in [-0.3, -0.25) is 9.79 Å². The molecule has 0 bridgehead atoms. The first kappa shape index (κ1) is 17.2. The molecule has 0 unspecified atom stereocenters. The maximum absolute atomic E-state index is 12.8. The van der Waals surface area contributed by atoms with Gasteiger partial charge >= 0.3 is 0 Å². The maximum atomic E-state index is 12.8. The molecule has 0 amide bonds. The Labute approximate surface area is 164 Å². The van der Waals surface area contributed by atoms with Crippen molar-refractivity contribution in [2.24, 2.45) is 4.99 Å². The highest BCUT2D eigenvalue weighted by Crippen LogP contribution is 2.43. The number of phenols is 3. The van der Waals surface area contributed by atoms with Crippen LogP contribution in [-0.4, -0.2) is 45.5 Å². The Morgan fingerprint density at radius 2 is 2.07 bits per heavy atom. The Balaban J connectivity index is 1.75. The number of hydrogen-bond donors (Lipinski definition) is 3. The average Bonchev–Trinajstić information content (AvgIpc) is 3.18. The molecule has 1 aromatic heterocycles. The molecule has 3 aromatic rings. The lowest BCUT2D eigenvalue weighted by Crippen LogP contribution is -2.11.